The third-order valence-electron chi connectivity index (χ3n) is 2.44. The number of ketones is 1. The third-order valence-corrected chi connectivity index (χ3v) is 2.44. The molecule has 0 bridgehead atoms. The van der Waals surface area contributed by atoms with Crippen LogP contribution in [0.4, 0.5) is 4.39 Å². The van der Waals surface area contributed by atoms with Gasteiger partial charge in [-0.15, -0.1) is 0 Å². The van der Waals surface area contributed by atoms with E-state index in [1.807, 2.05) is 6.07 Å². The SMILES string of the molecule is CCC(=O)C(C)(F)C(=O)OCc1ccccc1. The first-order valence-electron chi connectivity index (χ1n) is 5.41. The second-order valence-electron chi connectivity index (χ2n) is 3.84. The fourth-order valence-corrected chi connectivity index (χ4v) is 1.30. The van der Waals surface area contributed by atoms with Crippen molar-refractivity contribution in [1.82, 2.24) is 0 Å². The summed E-state index contributed by atoms with van der Waals surface area (Å²) in [4.78, 5) is 22.6. The molecule has 92 valence electrons. The molecule has 1 unspecified atom stereocenters. The number of hydrogen-bond acceptors (Lipinski definition) is 3. The lowest BCUT2D eigenvalue weighted by Crippen LogP contribution is -2.40. The molecular formula is C13H15FO3. The molecule has 0 fully saturated rings. The van der Waals surface area contributed by atoms with E-state index in [1.54, 1.807) is 24.3 Å². The van der Waals surface area contributed by atoms with Gasteiger partial charge in [-0.25, -0.2) is 9.18 Å². The van der Waals surface area contributed by atoms with E-state index in [9.17, 15) is 14.0 Å². The molecule has 0 heterocycles. The summed E-state index contributed by atoms with van der Waals surface area (Å²) in [5.41, 5.74) is -1.80. The van der Waals surface area contributed by atoms with Crippen molar-refractivity contribution in [3.63, 3.8) is 0 Å². The van der Waals surface area contributed by atoms with E-state index in [2.05, 4.69) is 0 Å². The van der Waals surface area contributed by atoms with Gasteiger partial charge in [0, 0.05) is 6.42 Å². The first kappa shape index (κ1) is 13.4. The van der Waals surface area contributed by atoms with Crippen LogP contribution in [0.1, 0.15) is 25.8 Å². The van der Waals surface area contributed by atoms with E-state index in [0.29, 0.717) is 0 Å². The molecule has 0 amide bonds. The fourth-order valence-electron chi connectivity index (χ4n) is 1.30. The Hall–Kier alpha value is -1.71. The minimum atomic E-state index is -2.55. The van der Waals surface area contributed by atoms with Crippen LogP contribution in [0, 0.1) is 0 Å². The minimum Gasteiger partial charge on any atom is -0.458 e. The van der Waals surface area contributed by atoms with Crippen LogP contribution < -0.4 is 0 Å². The number of rotatable bonds is 5. The number of ether oxygens (including phenoxy) is 1. The Morgan fingerprint density at radius 2 is 1.88 bits per heavy atom. The van der Waals surface area contributed by atoms with E-state index >= 15 is 0 Å². The summed E-state index contributed by atoms with van der Waals surface area (Å²) in [6, 6.07) is 8.91. The molecule has 0 saturated carbocycles. The monoisotopic (exact) mass is 238 g/mol. The van der Waals surface area contributed by atoms with Crippen LogP contribution in [0.5, 0.6) is 0 Å². The molecule has 17 heavy (non-hydrogen) atoms. The molecule has 1 aromatic carbocycles. The molecular weight excluding hydrogens is 223 g/mol. The summed E-state index contributed by atoms with van der Waals surface area (Å²) in [5, 5.41) is 0. The topological polar surface area (TPSA) is 43.4 Å². The van der Waals surface area contributed by atoms with Gasteiger partial charge >= 0.3 is 5.97 Å². The Morgan fingerprint density at radius 3 is 2.41 bits per heavy atom. The van der Waals surface area contributed by atoms with Crippen LogP contribution in [0.15, 0.2) is 30.3 Å². The normalized spacial score (nSPS) is 13.8. The predicted molar refractivity (Wildman–Crippen MR) is 61.0 cm³/mol. The Morgan fingerprint density at radius 1 is 1.29 bits per heavy atom. The summed E-state index contributed by atoms with van der Waals surface area (Å²) in [6.07, 6.45) is -0.0343. The van der Waals surface area contributed by atoms with E-state index < -0.39 is 17.4 Å². The highest BCUT2D eigenvalue weighted by molar-refractivity contribution is 6.06. The van der Waals surface area contributed by atoms with Crippen molar-refractivity contribution < 1.29 is 18.7 Å². The van der Waals surface area contributed by atoms with Gasteiger partial charge in [0.2, 0.25) is 0 Å². The van der Waals surface area contributed by atoms with E-state index in [-0.39, 0.29) is 13.0 Å². The number of hydrogen-bond donors (Lipinski definition) is 0. The molecule has 0 aliphatic heterocycles. The number of esters is 1. The predicted octanol–water partition coefficient (Wildman–Crippen LogP) is 2.44. The van der Waals surface area contributed by atoms with Gasteiger partial charge in [0.1, 0.15) is 6.61 Å². The third kappa shape index (κ3) is 3.37. The first-order valence-corrected chi connectivity index (χ1v) is 5.41. The maximum absolute atomic E-state index is 13.8. The second-order valence-corrected chi connectivity index (χ2v) is 3.84. The van der Waals surface area contributed by atoms with Crippen molar-refractivity contribution in [3.05, 3.63) is 35.9 Å². The number of carbonyl (C=O) groups is 2. The first-order chi connectivity index (χ1) is 7.98. The molecule has 1 rings (SSSR count). The Bertz CT molecular complexity index is 398. The molecule has 0 saturated heterocycles. The number of benzene rings is 1. The fraction of sp³-hybridized carbons (Fsp3) is 0.385. The standard InChI is InChI=1S/C13H15FO3/c1-3-11(15)13(2,14)12(16)17-9-10-7-5-4-6-8-10/h4-8H,3,9H2,1-2H3. The highest BCUT2D eigenvalue weighted by Crippen LogP contribution is 2.17. The second kappa shape index (κ2) is 5.57. The lowest BCUT2D eigenvalue weighted by molar-refractivity contribution is -0.162. The molecule has 3 nitrogen and oxygen atoms in total. The zero-order valence-corrected chi connectivity index (χ0v) is 9.90. The van der Waals surface area contributed by atoms with Gasteiger partial charge in [-0.05, 0) is 12.5 Å². The van der Waals surface area contributed by atoms with Gasteiger partial charge in [0.25, 0.3) is 5.67 Å². The van der Waals surface area contributed by atoms with Gasteiger partial charge < -0.3 is 4.74 Å². The molecule has 1 aromatic rings. The lowest BCUT2D eigenvalue weighted by Gasteiger charge is -2.16. The van der Waals surface area contributed by atoms with Crippen molar-refractivity contribution in [2.45, 2.75) is 32.5 Å². The van der Waals surface area contributed by atoms with Gasteiger partial charge in [-0.3, -0.25) is 4.79 Å². The average molecular weight is 238 g/mol. The van der Waals surface area contributed by atoms with Crippen LogP contribution in [0.25, 0.3) is 0 Å². The molecule has 0 spiro atoms. The molecule has 4 heteroatoms. The van der Waals surface area contributed by atoms with Crippen molar-refractivity contribution in [1.29, 1.82) is 0 Å². The Balaban J connectivity index is 2.58. The van der Waals surface area contributed by atoms with Gasteiger partial charge in [-0.2, -0.15) is 0 Å². The van der Waals surface area contributed by atoms with Crippen LogP contribution in [-0.2, 0) is 20.9 Å². The Labute approximate surface area is 99.6 Å². The van der Waals surface area contributed by atoms with Gasteiger partial charge in [-0.1, -0.05) is 37.3 Å². The summed E-state index contributed by atoms with van der Waals surface area (Å²) in [5.74, 6) is -1.90. The van der Waals surface area contributed by atoms with Crippen LogP contribution in [0.2, 0.25) is 0 Å². The van der Waals surface area contributed by atoms with Crippen molar-refractivity contribution >= 4 is 11.8 Å². The summed E-state index contributed by atoms with van der Waals surface area (Å²) >= 11 is 0. The van der Waals surface area contributed by atoms with Crippen molar-refractivity contribution in [2.75, 3.05) is 0 Å². The number of halogens is 1. The van der Waals surface area contributed by atoms with Crippen molar-refractivity contribution in [2.24, 2.45) is 0 Å². The Kier molecular flexibility index (Phi) is 4.37. The van der Waals surface area contributed by atoms with Gasteiger partial charge in [0.15, 0.2) is 5.78 Å². The summed E-state index contributed by atoms with van der Waals surface area (Å²) in [6.45, 7) is 2.41. The molecule has 0 N–H and O–H groups in total. The zero-order valence-electron chi connectivity index (χ0n) is 9.90. The number of carbonyl (C=O) groups excluding carboxylic acids is 2. The van der Waals surface area contributed by atoms with E-state index in [1.165, 1.54) is 6.92 Å². The number of alkyl halides is 1. The minimum absolute atomic E-state index is 0.0316. The summed E-state index contributed by atoms with van der Waals surface area (Å²) in [7, 11) is 0. The van der Waals surface area contributed by atoms with Crippen LogP contribution >= 0.6 is 0 Å². The lowest BCUT2D eigenvalue weighted by atomic mass is 10.0. The molecule has 0 radical (unpaired) electrons. The average Bonchev–Trinajstić information content (AvgIpc) is 2.35. The number of Topliss-reactive ketones (excluding diaryl/α,β-unsaturated/α-hetero) is 1. The molecule has 1 atom stereocenters. The smallest absolute Gasteiger partial charge is 0.351 e. The zero-order chi connectivity index (χ0) is 12.9. The van der Waals surface area contributed by atoms with E-state index in [0.717, 1.165) is 12.5 Å². The van der Waals surface area contributed by atoms with Crippen LogP contribution in [0.3, 0.4) is 0 Å². The largest absolute Gasteiger partial charge is 0.458 e. The van der Waals surface area contributed by atoms with Crippen molar-refractivity contribution in [3.8, 4) is 0 Å². The van der Waals surface area contributed by atoms with E-state index in [4.69, 9.17) is 4.74 Å². The highest BCUT2D eigenvalue weighted by atomic mass is 19.1. The maximum Gasteiger partial charge on any atom is 0.351 e. The molecule has 0 aliphatic rings. The molecule has 0 aromatic heterocycles. The molecule has 0 aliphatic carbocycles. The van der Waals surface area contributed by atoms with Gasteiger partial charge in [0.05, 0.1) is 0 Å². The van der Waals surface area contributed by atoms with Crippen LogP contribution in [-0.4, -0.2) is 17.4 Å². The maximum atomic E-state index is 13.8. The summed E-state index contributed by atoms with van der Waals surface area (Å²) < 4.78 is 18.5. The quantitative estimate of drug-likeness (QED) is 0.584. The highest BCUT2D eigenvalue weighted by Gasteiger charge is 2.41.